The molecule has 1 aliphatic heterocycles. The van der Waals surface area contributed by atoms with Gasteiger partial charge in [0.15, 0.2) is 0 Å². The molecule has 0 saturated carbocycles. The Bertz CT molecular complexity index is 341. The molecule has 1 atom stereocenters. The summed E-state index contributed by atoms with van der Waals surface area (Å²) in [5.41, 5.74) is 2.47. The lowest BCUT2D eigenvalue weighted by atomic mass is 10.0. The number of carboxylic acid groups (broad SMARTS) is 1. The number of hydrogen-bond acceptors (Lipinski definition) is 1. The van der Waals surface area contributed by atoms with Crippen LogP contribution in [0.4, 0.5) is 4.79 Å². The van der Waals surface area contributed by atoms with E-state index in [0.29, 0.717) is 18.0 Å². The van der Waals surface area contributed by atoms with Crippen molar-refractivity contribution in [3.05, 3.63) is 35.4 Å². The Morgan fingerprint density at radius 2 is 1.93 bits per heavy atom. The number of nitrogens with one attached hydrogen (secondary N) is 1. The maximum absolute atomic E-state index is 10.7. The Morgan fingerprint density at radius 1 is 1.29 bits per heavy atom. The van der Waals surface area contributed by atoms with E-state index in [0.717, 1.165) is 6.42 Å². The Labute approximate surface area is 93.1 Å². The fourth-order valence-electron chi connectivity index (χ4n) is 1.76. The number of halogens is 1. The topological polar surface area (TPSA) is 41.7 Å². The molecular weight excluding hydrogens is 246 g/mol. The van der Waals surface area contributed by atoms with Crippen molar-refractivity contribution in [3.8, 4) is 0 Å². The first-order valence-corrected chi connectivity index (χ1v) is 4.42. The number of rotatable bonds is 0. The van der Waals surface area contributed by atoms with E-state index in [9.17, 15) is 4.79 Å². The third kappa shape index (κ3) is 2.13. The zero-order valence-electron chi connectivity index (χ0n) is 7.66. The van der Waals surface area contributed by atoms with Gasteiger partial charge in [-0.05, 0) is 5.56 Å². The van der Waals surface area contributed by atoms with Crippen LogP contribution >= 0.6 is 0 Å². The monoisotopic (exact) mass is 257 g/mol. The highest BCUT2D eigenvalue weighted by Gasteiger charge is 2.24. The first kappa shape index (κ1) is 11.2. The Hall–Kier alpha value is -0.870. The Balaban J connectivity index is 0.000000980. The second-order valence-corrected chi connectivity index (χ2v) is 3.35. The predicted octanol–water partition coefficient (Wildman–Crippen LogP) is -2.69. The highest BCUT2D eigenvalue weighted by Crippen LogP contribution is 2.10. The molecule has 0 spiro atoms. The van der Waals surface area contributed by atoms with Gasteiger partial charge in [-0.2, -0.15) is 4.79 Å². The summed E-state index contributed by atoms with van der Waals surface area (Å²) in [6.07, 6.45) is 0.132. The lowest BCUT2D eigenvalue weighted by molar-refractivity contribution is -0.840. The molecule has 0 aromatic heterocycles. The normalized spacial score (nSPS) is 19.3. The minimum Gasteiger partial charge on any atom is -1.00 e. The smallest absolute Gasteiger partial charge is 0.512 e. The highest BCUT2D eigenvalue weighted by atomic mass is 79.9. The number of carbonyl (C=O) groups is 1. The van der Waals surface area contributed by atoms with E-state index in [1.165, 1.54) is 11.1 Å². The molecule has 1 heterocycles. The molecule has 0 radical (unpaired) electrons. The van der Waals surface area contributed by atoms with Crippen LogP contribution in [0.25, 0.3) is 0 Å². The number of fused-ring (bicyclic) bond motifs is 1. The predicted molar refractivity (Wildman–Crippen MR) is 47.7 cm³/mol. The Morgan fingerprint density at radius 3 is 2.57 bits per heavy atom. The molecule has 0 aliphatic carbocycles. The molecule has 1 aromatic carbocycles. The number of hydrogen-bond donors (Lipinski definition) is 2. The van der Waals surface area contributed by atoms with E-state index < -0.39 is 6.09 Å². The van der Waals surface area contributed by atoms with Crippen LogP contribution in [0.2, 0.25) is 0 Å². The van der Waals surface area contributed by atoms with Gasteiger partial charge in [-0.25, -0.2) is 4.90 Å². The van der Waals surface area contributed by atoms with E-state index in [1.54, 1.807) is 0 Å². The first-order valence-electron chi connectivity index (χ1n) is 4.42. The van der Waals surface area contributed by atoms with Crippen molar-refractivity contribution in [3.63, 3.8) is 0 Å². The van der Waals surface area contributed by atoms with Crippen molar-refractivity contribution in [2.45, 2.75) is 13.0 Å². The second kappa shape index (κ2) is 4.57. The SMILES string of the molecule is O=C(O)[NH+]1CCc2ccccc2C1.[Br-]. The second-order valence-electron chi connectivity index (χ2n) is 3.35. The maximum atomic E-state index is 10.7. The molecule has 0 bridgehead atoms. The van der Waals surface area contributed by atoms with Gasteiger partial charge in [0.25, 0.3) is 0 Å². The van der Waals surface area contributed by atoms with Crippen LogP contribution in [0.15, 0.2) is 24.3 Å². The molecule has 2 rings (SSSR count). The van der Waals surface area contributed by atoms with Gasteiger partial charge < -0.3 is 22.1 Å². The molecular formula is C10H12BrNO2. The summed E-state index contributed by atoms with van der Waals surface area (Å²) in [6.45, 7) is 1.32. The molecule has 14 heavy (non-hydrogen) atoms. The standard InChI is InChI=1S/C10H11NO2.BrH/c12-10(13)11-6-5-8-3-1-2-4-9(8)7-11;/h1-4H,5-7H2,(H,12,13);1H. The Kier molecular flexibility index (Phi) is 3.66. The first-order chi connectivity index (χ1) is 6.27. The largest absolute Gasteiger partial charge is 1.00 e. The van der Waals surface area contributed by atoms with Gasteiger partial charge in [-0.1, -0.05) is 24.3 Å². The van der Waals surface area contributed by atoms with Crippen LogP contribution in [-0.2, 0) is 13.0 Å². The fourth-order valence-corrected chi connectivity index (χ4v) is 1.76. The van der Waals surface area contributed by atoms with Crippen LogP contribution in [-0.4, -0.2) is 17.7 Å². The van der Waals surface area contributed by atoms with E-state index in [-0.39, 0.29) is 17.0 Å². The highest BCUT2D eigenvalue weighted by molar-refractivity contribution is 5.54. The van der Waals surface area contributed by atoms with E-state index >= 15 is 0 Å². The molecule has 3 nitrogen and oxygen atoms in total. The molecule has 76 valence electrons. The third-order valence-electron chi connectivity index (χ3n) is 2.52. The molecule has 0 saturated heterocycles. The minimum absolute atomic E-state index is 0. The lowest BCUT2D eigenvalue weighted by Gasteiger charge is -2.20. The van der Waals surface area contributed by atoms with Crippen molar-refractivity contribution in [1.82, 2.24) is 0 Å². The zero-order chi connectivity index (χ0) is 9.26. The molecule has 0 fully saturated rings. The van der Waals surface area contributed by atoms with Gasteiger partial charge in [-0.3, -0.25) is 0 Å². The summed E-state index contributed by atoms with van der Waals surface area (Å²) in [5.74, 6) is 0. The van der Waals surface area contributed by atoms with E-state index in [4.69, 9.17) is 5.11 Å². The average Bonchev–Trinajstić information content (AvgIpc) is 2.17. The van der Waals surface area contributed by atoms with Crippen LogP contribution in [0.1, 0.15) is 11.1 Å². The van der Waals surface area contributed by atoms with Gasteiger partial charge in [0.1, 0.15) is 6.54 Å². The minimum atomic E-state index is -0.741. The van der Waals surface area contributed by atoms with Crippen LogP contribution < -0.4 is 21.9 Å². The van der Waals surface area contributed by atoms with Crippen molar-refractivity contribution < 1.29 is 31.8 Å². The summed E-state index contributed by atoms with van der Waals surface area (Å²) in [6, 6.07) is 8.06. The molecule has 1 amide bonds. The van der Waals surface area contributed by atoms with Gasteiger partial charge in [0, 0.05) is 12.0 Å². The zero-order valence-corrected chi connectivity index (χ0v) is 9.25. The van der Waals surface area contributed by atoms with Crippen molar-refractivity contribution in [1.29, 1.82) is 0 Å². The third-order valence-corrected chi connectivity index (χ3v) is 2.52. The number of benzene rings is 1. The summed E-state index contributed by atoms with van der Waals surface area (Å²) in [4.78, 5) is 11.4. The van der Waals surface area contributed by atoms with Crippen LogP contribution in [0.5, 0.6) is 0 Å². The lowest BCUT2D eigenvalue weighted by Crippen LogP contribution is -3.14. The number of quaternary nitrogens is 1. The summed E-state index contributed by atoms with van der Waals surface area (Å²) in [7, 11) is 0. The molecule has 1 unspecified atom stereocenters. The van der Waals surface area contributed by atoms with Crippen molar-refractivity contribution in [2.75, 3.05) is 6.54 Å². The molecule has 1 aliphatic rings. The molecule has 2 N–H and O–H groups in total. The summed E-state index contributed by atoms with van der Waals surface area (Å²) >= 11 is 0. The maximum Gasteiger partial charge on any atom is 0.512 e. The van der Waals surface area contributed by atoms with Gasteiger partial charge in [-0.15, -0.1) is 0 Å². The summed E-state index contributed by atoms with van der Waals surface area (Å²) < 4.78 is 0. The van der Waals surface area contributed by atoms with Crippen molar-refractivity contribution in [2.24, 2.45) is 0 Å². The molecule has 1 aromatic rings. The quantitative estimate of drug-likeness (QED) is 0.532. The van der Waals surface area contributed by atoms with E-state index in [1.807, 2.05) is 18.2 Å². The average molecular weight is 258 g/mol. The van der Waals surface area contributed by atoms with Gasteiger partial charge >= 0.3 is 6.09 Å². The van der Waals surface area contributed by atoms with E-state index in [2.05, 4.69) is 6.07 Å². The van der Waals surface area contributed by atoms with Gasteiger partial charge in [0.05, 0.1) is 6.54 Å². The summed E-state index contributed by atoms with van der Waals surface area (Å²) in [5, 5.41) is 8.83. The molecule has 4 heteroatoms. The fraction of sp³-hybridized carbons (Fsp3) is 0.300. The number of amides is 1. The van der Waals surface area contributed by atoms with Crippen molar-refractivity contribution >= 4 is 6.09 Å². The van der Waals surface area contributed by atoms with Crippen LogP contribution in [0.3, 0.4) is 0 Å². The van der Waals surface area contributed by atoms with Gasteiger partial charge in [0.2, 0.25) is 0 Å². The van der Waals surface area contributed by atoms with Crippen LogP contribution in [0, 0.1) is 0 Å².